The maximum absolute atomic E-state index is 8.90. The van der Waals surface area contributed by atoms with Crippen LogP contribution in [0.3, 0.4) is 0 Å². The number of aliphatic hydroxyl groups excluding tert-OH is 1. The molecule has 1 rings (SSSR count). The maximum Gasteiger partial charge on any atom is 0.215 e. The molecule has 0 aliphatic carbocycles. The summed E-state index contributed by atoms with van der Waals surface area (Å²) in [7, 11) is 1.58. The molecule has 0 fully saturated rings. The smallest absolute Gasteiger partial charge is 0.215 e. The summed E-state index contributed by atoms with van der Waals surface area (Å²) in [5.74, 6) is 0.568. The molecule has 14 heavy (non-hydrogen) atoms. The molecule has 1 atom stereocenters. The van der Waals surface area contributed by atoms with Crippen molar-refractivity contribution in [2.75, 3.05) is 19.0 Å². The summed E-state index contributed by atoms with van der Waals surface area (Å²) in [6, 6.07) is 1.84. The van der Waals surface area contributed by atoms with Crippen LogP contribution in [-0.4, -0.2) is 29.8 Å². The zero-order chi connectivity index (χ0) is 10.6. The summed E-state index contributed by atoms with van der Waals surface area (Å²) in [6.07, 6.45) is 1.73. The van der Waals surface area contributed by atoms with Crippen LogP contribution < -0.4 is 10.1 Å². The molecule has 0 aliphatic rings. The van der Waals surface area contributed by atoms with Gasteiger partial charge in [-0.2, -0.15) is 0 Å². The van der Waals surface area contributed by atoms with E-state index in [1.807, 2.05) is 13.0 Å². The first kappa shape index (κ1) is 11.5. The Morgan fingerprint density at radius 3 is 3.00 bits per heavy atom. The van der Waals surface area contributed by atoms with Gasteiger partial charge in [0.25, 0.3) is 0 Å². The highest BCUT2D eigenvalue weighted by atomic mass is 127. The molecule has 0 aliphatic heterocycles. The van der Waals surface area contributed by atoms with Crippen molar-refractivity contribution in [1.82, 2.24) is 4.98 Å². The lowest BCUT2D eigenvalue weighted by Crippen LogP contribution is -2.20. The van der Waals surface area contributed by atoms with Crippen LogP contribution in [0.2, 0.25) is 0 Å². The lowest BCUT2D eigenvalue weighted by Gasteiger charge is -2.14. The molecule has 1 aromatic heterocycles. The van der Waals surface area contributed by atoms with Crippen LogP contribution in [0.4, 0.5) is 5.69 Å². The van der Waals surface area contributed by atoms with Crippen LogP contribution in [-0.2, 0) is 0 Å². The number of nitrogens with zero attached hydrogens (tertiary/aromatic N) is 1. The Labute approximate surface area is 96.8 Å². The maximum atomic E-state index is 8.90. The average molecular weight is 308 g/mol. The van der Waals surface area contributed by atoms with Gasteiger partial charge in [0, 0.05) is 18.3 Å². The lowest BCUT2D eigenvalue weighted by molar-refractivity contribution is 0.281. The van der Waals surface area contributed by atoms with Crippen LogP contribution in [0.15, 0.2) is 12.3 Å². The average Bonchev–Trinajstić information content (AvgIpc) is 2.21. The van der Waals surface area contributed by atoms with E-state index in [1.165, 1.54) is 0 Å². The fraction of sp³-hybridized carbons (Fsp3) is 0.444. The number of methoxy groups -OCH3 is 1. The fourth-order valence-electron chi connectivity index (χ4n) is 0.953. The minimum Gasteiger partial charge on any atom is -0.481 e. The van der Waals surface area contributed by atoms with Crippen LogP contribution in [0, 0.1) is 3.57 Å². The van der Waals surface area contributed by atoms with Gasteiger partial charge in [0.1, 0.15) is 0 Å². The van der Waals surface area contributed by atoms with Crippen molar-refractivity contribution >= 4 is 28.3 Å². The first-order chi connectivity index (χ1) is 6.67. The molecule has 4 nitrogen and oxygen atoms in total. The number of anilines is 1. The monoisotopic (exact) mass is 308 g/mol. The van der Waals surface area contributed by atoms with Crippen molar-refractivity contribution in [2.45, 2.75) is 13.0 Å². The Hall–Kier alpha value is -0.560. The minimum absolute atomic E-state index is 0.0237. The van der Waals surface area contributed by atoms with Gasteiger partial charge in [-0.05, 0) is 29.5 Å². The van der Waals surface area contributed by atoms with E-state index in [0.717, 1.165) is 9.26 Å². The Morgan fingerprint density at radius 1 is 1.71 bits per heavy atom. The largest absolute Gasteiger partial charge is 0.481 e. The van der Waals surface area contributed by atoms with Crippen LogP contribution in [0.25, 0.3) is 0 Å². The van der Waals surface area contributed by atoms with Crippen molar-refractivity contribution in [3.05, 3.63) is 15.8 Å². The second-order valence-electron chi connectivity index (χ2n) is 2.93. The van der Waals surface area contributed by atoms with E-state index >= 15 is 0 Å². The molecule has 2 N–H and O–H groups in total. The van der Waals surface area contributed by atoms with E-state index in [9.17, 15) is 0 Å². The number of hydrogen-bond donors (Lipinski definition) is 2. The van der Waals surface area contributed by atoms with E-state index in [1.54, 1.807) is 13.3 Å². The molecular weight excluding hydrogens is 295 g/mol. The van der Waals surface area contributed by atoms with Gasteiger partial charge >= 0.3 is 0 Å². The molecule has 5 heteroatoms. The molecular formula is C9H13IN2O2. The normalized spacial score (nSPS) is 12.3. The van der Waals surface area contributed by atoms with Crippen molar-refractivity contribution in [3.63, 3.8) is 0 Å². The van der Waals surface area contributed by atoms with Crippen molar-refractivity contribution in [2.24, 2.45) is 0 Å². The number of rotatable bonds is 4. The minimum atomic E-state index is 0.0237. The van der Waals surface area contributed by atoms with E-state index in [0.29, 0.717) is 5.88 Å². The Bertz CT molecular complexity index is 307. The highest BCUT2D eigenvalue weighted by Gasteiger charge is 2.05. The van der Waals surface area contributed by atoms with Gasteiger partial charge in [-0.15, -0.1) is 0 Å². The quantitative estimate of drug-likeness (QED) is 0.828. The van der Waals surface area contributed by atoms with Gasteiger partial charge in [0.15, 0.2) is 0 Å². The fourth-order valence-corrected chi connectivity index (χ4v) is 1.40. The van der Waals surface area contributed by atoms with E-state index in [4.69, 9.17) is 9.84 Å². The number of ether oxygens (including phenoxy) is 1. The molecule has 1 aromatic rings. The van der Waals surface area contributed by atoms with Crippen molar-refractivity contribution in [1.29, 1.82) is 0 Å². The third-order valence-corrected chi connectivity index (χ3v) is 2.57. The van der Waals surface area contributed by atoms with Gasteiger partial charge in [-0.3, -0.25) is 0 Å². The zero-order valence-corrected chi connectivity index (χ0v) is 10.3. The van der Waals surface area contributed by atoms with Gasteiger partial charge in [0.2, 0.25) is 5.88 Å². The Morgan fingerprint density at radius 2 is 2.43 bits per heavy atom. The van der Waals surface area contributed by atoms with E-state index in [-0.39, 0.29) is 12.6 Å². The topological polar surface area (TPSA) is 54.4 Å². The molecule has 78 valence electrons. The summed E-state index contributed by atoms with van der Waals surface area (Å²) in [6.45, 7) is 2.00. The molecule has 1 unspecified atom stereocenters. The highest BCUT2D eigenvalue weighted by molar-refractivity contribution is 14.1. The molecule has 0 bridgehead atoms. The first-order valence-corrected chi connectivity index (χ1v) is 5.32. The predicted molar refractivity (Wildman–Crippen MR) is 63.7 cm³/mol. The summed E-state index contributed by atoms with van der Waals surface area (Å²) in [5, 5.41) is 12.1. The highest BCUT2D eigenvalue weighted by Crippen LogP contribution is 2.21. The number of nitrogens with one attached hydrogen (secondary N) is 1. The molecule has 0 amide bonds. The molecule has 0 spiro atoms. The van der Waals surface area contributed by atoms with E-state index < -0.39 is 0 Å². The van der Waals surface area contributed by atoms with Gasteiger partial charge in [-0.1, -0.05) is 0 Å². The van der Waals surface area contributed by atoms with Gasteiger partial charge in [-0.25, -0.2) is 4.98 Å². The zero-order valence-electron chi connectivity index (χ0n) is 8.12. The Kier molecular flexibility index (Phi) is 4.40. The molecule has 1 heterocycles. The predicted octanol–water partition coefficient (Wildman–Crippen LogP) is 1.49. The second-order valence-corrected chi connectivity index (χ2v) is 4.10. The number of hydrogen-bond acceptors (Lipinski definition) is 4. The third-order valence-electron chi connectivity index (χ3n) is 1.72. The molecule has 0 saturated heterocycles. The standard InChI is InChI=1S/C9H13IN2O2/c1-6(5-13)12-8-3-9(14-2)11-4-7(8)10/h3-4,6,13H,5H2,1-2H3,(H,11,12). The van der Waals surface area contributed by atoms with Crippen molar-refractivity contribution in [3.8, 4) is 5.88 Å². The first-order valence-electron chi connectivity index (χ1n) is 4.24. The number of aromatic nitrogens is 1. The number of halogens is 1. The van der Waals surface area contributed by atoms with E-state index in [2.05, 4.69) is 32.9 Å². The second kappa shape index (κ2) is 5.35. The number of aliphatic hydroxyl groups is 1. The SMILES string of the molecule is COc1cc(NC(C)CO)c(I)cn1. The van der Waals surface area contributed by atoms with Crippen LogP contribution >= 0.6 is 22.6 Å². The van der Waals surface area contributed by atoms with Gasteiger partial charge in [0.05, 0.1) is 23.0 Å². The lowest BCUT2D eigenvalue weighted by atomic mass is 10.3. The summed E-state index contributed by atoms with van der Waals surface area (Å²) in [5.41, 5.74) is 0.930. The van der Waals surface area contributed by atoms with Crippen molar-refractivity contribution < 1.29 is 9.84 Å². The summed E-state index contributed by atoms with van der Waals surface area (Å²) >= 11 is 2.18. The third kappa shape index (κ3) is 2.98. The summed E-state index contributed by atoms with van der Waals surface area (Å²) in [4.78, 5) is 4.06. The number of pyridine rings is 1. The molecule has 0 saturated carbocycles. The van der Waals surface area contributed by atoms with Gasteiger partial charge < -0.3 is 15.2 Å². The Balaban J connectivity index is 2.83. The summed E-state index contributed by atoms with van der Waals surface area (Å²) < 4.78 is 6.01. The molecule has 0 radical (unpaired) electrons. The molecule has 0 aromatic carbocycles. The van der Waals surface area contributed by atoms with Crippen LogP contribution in [0.5, 0.6) is 5.88 Å². The van der Waals surface area contributed by atoms with Crippen LogP contribution in [0.1, 0.15) is 6.92 Å².